The molecule has 1 amide bonds. The van der Waals surface area contributed by atoms with Crippen molar-refractivity contribution in [1.29, 1.82) is 0 Å². The first-order valence-electron chi connectivity index (χ1n) is 10.8. The number of aromatic nitrogens is 7. The first-order chi connectivity index (χ1) is 17.0. The van der Waals surface area contributed by atoms with Gasteiger partial charge in [0, 0.05) is 23.1 Å². The smallest absolute Gasteiger partial charge is 0.252 e. The third kappa shape index (κ3) is 4.85. The minimum Gasteiger partial charge on any atom is -0.461 e. The summed E-state index contributed by atoms with van der Waals surface area (Å²) in [7, 11) is 0. The number of hydrogen-bond donors (Lipinski definition) is 1. The summed E-state index contributed by atoms with van der Waals surface area (Å²) < 4.78 is 8.95. The molecule has 0 fully saturated rings. The van der Waals surface area contributed by atoms with Gasteiger partial charge in [0.2, 0.25) is 11.7 Å². The van der Waals surface area contributed by atoms with Crippen LogP contribution in [-0.2, 0) is 4.79 Å². The second kappa shape index (κ2) is 9.55. The number of hydrogen-bond acceptors (Lipinski definition) is 8. The van der Waals surface area contributed by atoms with E-state index in [1.807, 2.05) is 67.8 Å². The molecule has 0 saturated heterocycles. The molecule has 1 aromatic carbocycles. The van der Waals surface area contributed by atoms with E-state index in [4.69, 9.17) is 4.42 Å². The molecule has 0 saturated carbocycles. The molecule has 0 aliphatic rings. The van der Waals surface area contributed by atoms with Crippen LogP contribution in [0.4, 0.5) is 5.82 Å². The van der Waals surface area contributed by atoms with Crippen molar-refractivity contribution in [2.75, 3.05) is 11.1 Å². The van der Waals surface area contributed by atoms with Gasteiger partial charge in [-0.3, -0.25) is 9.36 Å². The lowest BCUT2D eigenvalue weighted by Crippen LogP contribution is -2.18. The first-order valence-corrected chi connectivity index (χ1v) is 11.8. The minimum atomic E-state index is -0.220. The van der Waals surface area contributed by atoms with E-state index in [1.165, 1.54) is 11.8 Å². The maximum absolute atomic E-state index is 12.9. The number of aryl methyl sites for hydroxylation is 3. The van der Waals surface area contributed by atoms with Gasteiger partial charge in [-0.2, -0.15) is 9.78 Å². The van der Waals surface area contributed by atoms with Crippen molar-refractivity contribution in [2.45, 2.75) is 25.9 Å². The number of benzene rings is 1. The van der Waals surface area contributed by atoms with E-state index in [9.17, 15) is 4.79 Å². The van der Waals surface area contributed by atoms with E-state index in [1.54, 1.807) is 23.1 Å². The number of nitrogens with one attached hydrogen (secondary N) is 1. The predicted octanol–water partition coefficient (Wildman–Crippen LogP) is 4.16. The molecule has 0 aliphatic heterocycles. The van der Waals surface area contributed by atoms with Crippen molar-refractivity contribution in [3.8, 4) is 23.2 Å². The van der Waals surface area contributed by atoms with Gasteiger partial charge in [-0.1, -0.05) is 30.0 Å². The number of rotatable bonds is 7. The van der Waals surface area contributed by atoms with Crippen molar-refractivity contribution in [3.05, 3.63) is 77.9 Å². The number of carbonyl (C=O) groups is 1. The summed E-state index contributed by atoms with van der Waals surface area (Å²) in [6.07, 6.45) is 1.59. The molecule has 0 atom stereocenters. The van der Waals surface area contributed by atoms with Gasteiger partial charge in [-0.05, 0) is 51.1 Å². The number of furan rings is 1. The van der Waals surface area contributed by atoms with Gasteiger partial charge in [0.1, 0.15) is 5.82 Å². The van der Waals surface area contributed by atoms with Gasteiger partial charge in [0.25, 0.3) is 5.95 Å². The normalized spacial score (nSPS) is 11.1. The molecule has 35 heavy (non-hydrogen) atoms. The number of carbonyl (C=O) groups excluding carboxylic acids is 1. The molecule has 5 rings (SSSR count). The topological polar surface area (TPSA) is 117 Å². The predicted molar refractivity (Wildman–Crippen MR) is 132 cm³/mol. The molecule has 5 aromatic rings. The summed E-state index contributed by atoms with van der Waals surface area (Å²) in [6, 6.07) is 17.0. The molecule has 0 bridgehead atoms. The van der Waals surface area contributed by atoms with E-state index < -0.39 is 0 Å². The maximum Gasteiger partial charge on any atom is 0.252 e. The van der Waals surface area contributed by atoms with Crippen molar-refractivity contribution in [1.82, 2.24) is 34.5 Å². The molecule has 4 aromatic heterocycles. The van der Waals surface area contributed by atoms with Crippen LogP contribution in [0.2, 0.25) is 0 Å². The molecule has 10 nitrogen and oxygen atoms in total. The van der Waals surface area contributed by atoms with Crippen LogP contribution < -0.4 is 5.32 Å². The van der Waals surface area contributed by atoms with Crippen LogP contribution in [-0.4, -0.2) is 46.2 Å². The van der Waals surface area contributed by atoms with Gasteiger partial charge < -0.3 is 9.73 Å². The zero-order chi connectivity index (χ0) is 24.4. The lowest BCUT2D eigenvalue weighted by Gasteiger charge is -2.10. The Labute approximate surface area is 205 Å². The second-order valence-corrected chi connectivity index (χ2v) is 8.77. The number of nitrogens with zero attached hydrogens (tertiary/aromatic N) is 7. The van der Waals surface area contributed by atoms with Gasteiger partial charge in [-0.15, -0.1) is 10.2 Å². The van der Waals surface area contributed by atoms with Gasteiger partial charge in [-0.25, -0.2) is 9.97 Å². The highest BCUT2D eigenvalue weighted by Gasteiger charge is 2.20. The molecule has 176 valence electrons. The lowest BCUT2D eigenvalue weighted by molar-refractivity contribution is -0.113. The summed E-state index contributed by atoms with van der Waals surface area (Å²) in [6.45, 7) is 5.63. The van der Waals surface area contributed by atoms with Gasteiger partial charge >= 0.3 is 0 Å². The van der Waals surface area contributed by atoms with Crippen LogP contribution >= 0.6 is 11.8 Å². The van der Waals surface area contributed by atoms with Crippen molar-refractivity contribution < 1.29 is 9.21 Å². The summed E-state index contributed by atoms with van der Waals surface area (Å²) in [4.78, 5) is 21.8. The van der Waals surface area contributed by atoms with E-state index in [2.05, 4.69) is 30.6 Å². The Hall–Kier alpha value is -4.25. The monoisotopic (exact) mass is 486 g/mol. The molecule has 0 unspecified atom stereocenters. The molecule has 0 radical (unpaired) electrons. The number of amides is 1. The standard InChI is InChI=1S/C24H22N8O2S/c1-15-12-16(2)26-23(25-15)32-20(13-17(3)30-32)27-21(33)14-35-24-29-28-22(19-10-7-11-34-19)31(24)18-8-5-4-6-9-18/h4-13H,14H2,1-3H3,(H,27,33). The third-order valence-corrected chi connectivity index (χ3v) is 5.91. The highest BCUT2D eigenvalue weighted by molar-refractivity contribution is 7.99. The zero-order valence-electron chi connectivity index (χ0n) is 19.3. The Bertz CT molecular complexity index is 1450. The molecule has 1 N–H and O–H groups in total. The zero-order valence-corrected chi connectivity index (χ0v) is 20.2. The second-order valence-electron chi connectivity index (χ2n) is 7.82. The fourth-order valence-electron chi connectivity index (χ4n) is 3.59. The van der Waals surface area contributed by atoms with Crippen LogP contribution in [0.1, 0.15) is 17.1 Å². The highest BCUT2D eigenvalue weighted by Crippen LogP contribution is 2.28. The average Bonchev–Trinajstić information content (AvgIpc) is 3.57. The van der Waals surface area contributed by atoms with Crippen LogP contribution in [0.25, 0.3) is 23.2 Å². The van der Waals surface area contributed by atoms with E-state index in [0.717, 1.165) is 22.8 Å². The van der Waals surface area contributed by atoms with Crippen LogP contribution in [0.5, 0.6) is 0 Å². The molecular formula is C24H22N8O2S. The SMILES string of the molecule is Cc1cc(C)nc(-n2nc(C)cc2NC(=O)CSc2nnc(-c3ccco3)n2-c2ccccc2)n1. The summed E-state index contributed by atoms with van der Waals surface area (Å²) >= 11 is 1.28. The molecule has 0 aliphatic carbocycles. The molecule has 11 heteroatoms. The van der Waals surface area contributed by atoms with Gasteiger partial charge in [0.15, 0.2) is 10.9 Å². The minimum absolute atomic E-state index is 0.112. The molecule has 4 heterocycles. The van der Waals surface area contributed by atoms with Crippen LogP contribution in [0.15, 0.2) is 70.4 Å². The van der Waals surface area contributed by atoms with Crippen LogP contribution in [0.3, 0.4) is 0 Å². The van der Waals surface area contributed by atoms with Crippen molar-refractivity contribution in [3.63, 3.8) is 0 Å². The highest BCUT2D eigenvalue weighted by atomic mass is 32.2. The Morgan fingerprint density at radius 2 is 1.74 bits per heavy atom. The number of thioether (sulfide) groups is 1. The first kappa shape index (κ1) is 22.5. The average molecular weight is 487 g/mol. The van der Waals surface area contributed by atoms with Crippen molar-refractivity contribution in [2.24, 2.45) is 0 Å². The van der Waals surface area contributed by atoms with E-state index in [-0.39, 0.29) is 11.7 Å². The quantitative estimate of drug-likeness (QED) is 0.341. The Balaban J connectivity index is 1.37. The van der Waals surface area contributed by atoms with Crippen molar-refractivity contribution >= 4 is 23.5 Å². The molecule has 0 spiro atoms. The third-order valence-electron chi connectivity index (χ3n) is 4.98. The lowest BCUT2D eigenvalue weighted by atomic mass is 10.3. The Morgan fingerprint density at radius 3 is 2.46 bits per heavy atom. The number of anilines is 1. The van der Waals surface area contributed by atoms with Gasteiger partial charge in [0.05, 0.1) is 17.7 Å². The fraction of sp³-hybridized carbons (Fsp3) is 0.167. The largest absolute Gasteiger partial charge is 0.461 e. The Kier molecular flexibility index (Phi) is 6.15. The van der Waals surface area contributed by atoms with E-state index in [0.29, 0.717) is 28.5 Å². The summed E-state index contributed by atoms with van der Waals surface area (Å²) in [5, 5.41) is 16.6. The number of para-hydroxylation sites is 1. The molecular weight excluding hydrogens is 464 g/mol. The van der Waals surface area contributed by atoms with Crippen LogP contribution in [0, 0.1) is 20.8 Å². The summed E-state index contributed by atoms with van der Waals surface area (Å²) in [5.74, 6) is 1.95. The van der Waals surface area contributed by atoms with E-state index >= 15 is 0 Å². The summed E-state index contributed by atoms with van der Waals surface area (Å²) in [5.41, 5.74) is 3.25. The maximum atomic E-state index is 12.9. The Morgan fingerprint density at radius 1 is 0.971 bits per heavy atom. The fourth-order valence-corrected chi connectivity index (χ4v) is 4.34.